The highest BCUT2D eigenvalue weighted by molar-refractivity contribution is 5.95. The van der Waals surface area contributed by atoms with Gasteiger partial charge in [0, 0.05) is 12.2 Å². The maximum absolute atomic E-state index is 12.1. The first-order chi connectivity index (χ1) is 9.24. The van der Waals surface area contributed by atoms with Crippen LogP contribution in [0.1, 0.15) is 19.3 Å². The molecule has 5 nitrogen and oxygen atoms in total. The average Bonchev–Trinajstić information content (AvgIpc) is 2.48. The molecule has 1 aliphatic rings. The number of benzene rings is 1. The zero-order valence-electron chi connectivity index (χ0n) is 11.0. The smallest absolute Gasteiger partial charge is 0.247 e. The molecule has 0 radical (unpaired) electrons. The van der Waals surface area contributed by atoms with Gasteiger partial charge in [0.05, 0.1) is 7.11 Å². The zero-order valence-corrected chi connectivity index (χ0v) is 11.0. The van der Waals surface area contributed by atoms with E-state index in [-0.39, 0.29) is 11.9 Å². The molecular formula is C14H18N2O3. The predicted molar refractivity (Wildman–Crippen MR) is 72.0 cm³/mol. The van der Waals surface area contributed by atoms with Gasteiger partial charge in [0.25, 0.3) is 0 Å². The predicted octanol–water partition coefficient (Wildman–Crippen LogP) is 1.64. The number of likely N-dealkylation sites (tertiary alicyclic amines) is 1. The van der Waals surface area contributed by atoms with E-state index in [1.54, 1.807) is 36.3 Å². The van der Waals surface area contributed by atoms with E-state index in [1.165, 1.54) is 0 Å². The Morgan fingerprint density at radius 2 is 2.11 bits per heavy atom. The Labute approximate surface area is 112 Å². The fraction of sp³-hybridized carbons (Fsp3) is 0.429. The van der Waals surface area contributed by atoms with Gasteiger partial charge >= 0.3 is 0 Å². The number of carbonyl (C=O) groups is 2. The standard InChI is InChI=1S/C14H18N2O3/c1-19-12-7-5-11(6-8-12)15-14(18)13-4-2-3-9-16(13)10-17/h5-8,10,13H,2-4,9H2,1H3,(H,15,18)/t13-/m0/s1. The average molecular weight is 262 g/mol. The van der Waals surface area contributed by atoms with E-state index in [4.69, 9.17) is 4.74 Å². The van der Waals surface area contributed by atoms with Gasteiger partial charge in [-0.1, -0.05) is 0 Å². The number of rotatable bonds is 4. The van der Waals surface area contributed by atoms with Crippen molar-refractivity contribution >= 4 is 18.0 Å². The van der Waals surface area contributed by atoms with E-state index in [9.17, 15) is 9.59 Å². The molecule has 1 N–H and O–H groups in total. The number of hydrogen-bond donors (Lipinski definition) is 1. The minimum atomic E-state index is -0.353. The molecule has 1 aromatic carbocycles. The van der Waals surface area contributed by atoms with Crippen molar-refractivity contribution in [1.82, 2.24) is 4.90 Å². The number of piperidine rings is 1. The lowest BCUT2D eigenvalue weighted by atomic mass is 10.0. The van der Waals surface area contributed by atoms with Crippen molar-refractivity contribution < 1.29 is 14.3 Å². The molecule has 1 heterocycles. The summed E-state index contributed by atoms with van der Waals surface area (Å²) in [5.41, 5.74) is 0.710. The normalized spacial score (nSPS) is 18.8. The summed E-state index contributed by atoms with van der Waals surface area (Å²) >= 11 is 0. The molecule has 1 fully saturated rings. The van der Waals surface area contributed by atoms with E-state index >= 15 is 0 Å². The van der Waals surface area contributed by atoms with Crippen LogP contribution in [0.5, 0.6) is 5.75 Å². The van der Waals surface area contributed by atoms with E-state index in [0.717, 1.165) is 31.4 Å². The first-order valence-corrected chi connectivity index (χ1v) is 6.40. The Morgan fingerprint density at radius 3 is 2.74 bits per heavy atom. The second-order valence-electron chi connectivity index (χ2n) is 4.57. The number of nitrogens with zero attached hydrogens (tertiary/aromatic N) is 1. The number of methoxy groups -OCH3 is 1. The molecule has 0 bridgehead atoms. The second kappa shape index (κ2) is 6.22. The minimum Gasteiger partial charge on any atom is -0.497 e. The van der Waals surface area contributed by atoms with Crippen LogP contribution >= 0.6 is 0 Å². The summed E-state index contributed by atoms with van der Waals surface area (Å²) in [6, 6.07) is 6.78. The summed E-state index contributed by atoms with van der Waals surface area (Å²) in [5.74, 6) is 0.613. The maximum Gasteiger partial charge on any atom is 0.247 e. The largest absolute Gasteiger partial charge is 0.497 e. The molecule has 5 heteroatoms. The number of anilines is 1. The van der Waals surface area contributed by atoms with Crippen molar-refractivity contribution in [3.63, 3.8) is 0 Å². The van der Waals surface area contributed by atoms with Gasteiger partial charge in [-0.3, -0.25) is 9.59 Å². The topological polar surface area (TPSA) is 58.6 Å². The molecule has 2 rings (SSSR count). The lowest BCUT2D eigenvalue weighted by Crippen LogP contribution is -2.46. The summed E-state index contributed by atoms with van der Waals surface area (Å²) < 4.78 is 5.06. The number of carbonyl (C=O) groups excluding carboxylic acids is 2. The SMILES string of the molecule is COc1ccc(NC(=O)[C@@H]2CCCCN2C=O)cc1. The van der Waals surface area contributed by atoms with E-state index < -0.39 is 0 Å². The molecule has 1 atom stereocenters. The molecule has 0 aliphatic carbocycles. The van der Waals surface area contributed by atoms with Gasteiger partial charge in [0.1, 0.15) is 11.8 Å². The molecule has 19 heavy (non-hydrogen) atoms. The molecule has 1 aromatic rings. The third-order valence-corrected chi connectivity index (χ3v) is 3.34. The van der Waals surface area contributed by atoms with E-state index in [0.29, 0.717) is 12.2 Å². The Kier molecular flexibility index (Phi) is 4.39. The second-order valence-corrected chi connectivity index (χ2v) is 4.57. The van der Waals surface area contributed by atoms with Crippen LogP contribution in [0.15, 0.2) is 24.3 Å². The van der Waals surface area contributed by atoms with Crippen LogP contribution in [-0.2, 0) is 9.59 Å². The van der Waals surface area contributed by atoms with Gasteiger partial charge in [-0.25, -0.2) is 0 Å². The quantitative estimate of drug-likeness (QED) is 0.839. The molecular weight excluding hydrogens is 244 g/mol. The Hall–Kier alpha value is -2.04. The lowest BCUT2D eigenvalue weighted by molar-refractivity contribution is -0.131. The molecule has 1 saturated heterocycles. The van der Waals surface area contributed by atoms with Gasteiger partial charge in [-0.15, -0.1) is 0 Å². The number of ether oxygens (including phenoxy) is 1. The summed E-state index contributed by atoms with van der Waals surface area (Å²) in [6.45, 7) is 0.657. The minimum absolute atomic E-state index is 0.128. The van der Waals surface area contributed by atoms with Crippen LogP contribution in [0.2, 0.25) is 0 Å². The van der Waals surface area contributed by atoms with Crippen LogP contribution in [0.3, 0.4) is 0 Å². The van der Waals surface area contributed by atoms with Gasteiger partial charge in [0.15, 0.2) is 0 Å². The number of nitrogens with one attached hydrogen (secondary N) is 1. The Balaban J connectivity index is 2.00. The van der Waals surface area contributed by atoms with Crippen LogP contribution in [0.4, 0.5) is 5.69 Å². The van der Waals surface area contributed by atoms with Crippen molar-refractivity contribution in [2.24, 2.45) is 0 Å². The molecule has 102 valence electrons. The fourth-order valence-corrected chi connectivity index (χ4v) is 2.26. The van der Waals surface area contributed by atoms with Gasteiger partial charge in [-0.05, 0) is 43.5 Å². The summed E-state index contributed by atoms with van der Waals surface area (Å²) in [6.07, 6.45) is 3.42. The van der Waals surface area contributed by atoms with Crippen molar-refractivity contribution in [2.45, 2.75) is 25.3 Å². The first-order valence-electron chi connectivity index (χ1n) is 6.40. The van der Waals surface area contributed by atoms with Gasteiger partial charge in [-0.2, -0.15) is 0 Å². The monoisotopic (exact) mass is 262 g/mol. The van der Waals surface area contributed by atoms with Gasteiger partial charge < -0.3 is 15.0 Å². The van der Waals surface area contributed by atoms with Gasteiger partial charge in [0.2, 0.25) is 12.3 Å². The highest BCUT2D eigenvalue weighted by atomic mass is 16.5. The molecule has 0 unspecified atom stereocenters. The van der Waals surface area contributed by atoms with Crippen molar-refractivity contribution in [3.8, 4) is 5.75 Å². The Bertz CT molecular complexity index is 445. The summed E-state index contributed by atoms with van der Waals surface area (Å²) in [5, 5.41) is 2.83. The number of hydrogen-bond acceptors (Lipinski definition) is 3. The first kappa shape index (κ1) is 13.4. The lowest BCUT2D eigenvalue weighted by Gasteiger charge is -2.31. The summed E-state index contributed by atoms with van der Waals surface area (Å²) in [7, 11) is 1.59. The van der Waals surface area contributed by atoms with Crippen LogP contribution in [0, 0.1) is 0 Å². The van der Waals surface area contributed by atoms with E-state index in [2.05, 4.69) is 5.32 Å². The van der Waals surface area contributed by atoms with Crippen LogP contribution < -0.4 is 10.1 Å². The third-order valence-electron chi connectivity index (χ3n) is 3.34. The third kappa shape index (κ3) is 3.24. The van der Waals surface area contributed by atoms with Crippen molar-refractivity contribution in [3.05, 3.63) is 24.3 Å². The van der Waals surface area contributed by atoms with E-state index in [1.807, 2.05) is 0 Å². The Morgan fingerprint density at radius 1 is 1.37 bits per heavy atom. The molecule has 1 aliphatic heterocycles. The molecule has 0 aromatic heterocycles. The highest BCUT2D eigenvalue weighted by Crippen LogP contribution is 2.19. The van der Waals surface area contributed by atoms with Crippen LogP contribution in [0.25, 0.3) is 0 Å². The highest BCUT2D eigenvalue weighted by Gasteiger charge is 2.27. The maximum atomic E-state index is 12.1. The zero-order chi connectivity index (χ0) is 13.7. The molecule has 0 spiro atoms. The number of amides is 2. The van der Waals surface area contributed by atoms with Crippen LogP contribution in [-0.4, -0.2) is 36.9 Å². The fourth-order valence-electron chi connectivity index (χ4n) is 2.26. The summed E-state index contributed by atoms with van der Waals surface area (Å²) in [4.78, 5) is 24.7. The molecule has 0 saturated carbocycles. The molecule has 2 amide bonds. The van der Waals surface area contributed by atoms with Crippen molar-refractivity contribution in [1.29, 1.82) is 0 Å². The van der Waals surface area contributed by atoms with Crippen molar-refractivity contribution in [2.75, 3.05) is 19.0 Å².